The van der Waals surface area contributed by atoms with Gasteiger partial charge < -0.3 is 15.2 Å². The van der Waals surface area contributed by atoms with Crippen molar-refractivity contribution in [2.75, 3.05) is 24.1 Å². The second-order valence-electron chi connectivity index (χ2n) is 7.07. The van der Waals surface area contributed by atoms with Crippen molar-refractivity contribution in [2.45, 2.75) is 26.4 Å². The van der Waals surface area contributed by atoms with E-state index < -0.39 is 10.0 Å². The Balaban J connectivity index is 0.00000341. The van der Waals surface area contributed by atoms with Crippen molar-refractivity contribution in [3.05, 3.63) is 66.4 Å². The van der Waals surface area contributed by atoms with E-state index in [1.165, 1.54) is 10.9 Å². The van der Waals surface area contributed by atoms with Gasteiger partial charge in [-0.2, -0.15) is 0 Å². The molecule has 1 heterocycles. The highest BCUT2D eigenvalue weighted by atomic mass is 127. The van der Waals surface area contributed by atoms with Crippen molar-refractivity contribution in [2.24, 2.45) is 4.99 Å². The molecule has 0 fully saturated rings. The molecule has 9 heteroatoms. The van der Waals surface area contributed by atoms with Crippen LogP contribution in [0.15, 0.2) is 65.8 Å². The number of guanidine groups is 1. The van der Waals surface area contributed by atoms with Gasteiger partial charge in [0.2, 0.25) is 10.0 Å². The summed E-state index contributed by atoms with van der Waals surface area (Å²) in [5.41, 5.74) is 2.62. The number of fused-ring (bicyclic) bond motifs is 1. The zero-order valence-corrected chi connectivity index (χ0v) is 21.0. The fourth-order valence-electron chi connectivity index (χ4n) is 3.26. The summed E-state index contributed by atoms with van der Waals surface area (Å²) in [5, 5.41) is 7.84. The Hall–Kier alpha value is -2.27. The monoisotopic (exact) mass is 555 g/mol. The molecule has 3 aromatic rings. The molecule has 0 aliphatic carbocycles. The smallest absolute Gasteiger partial charge is 0.229 e. The maximum absolute atomic E-state index is 11.6. The third-order valence-corrected chi connectivity index (χ3v) is 5.20. The quantitative estimate of drug-likeness (QED) is 0.162. The SMILES string of the molecule is CCNC(=NCc1ccccc1NS(C)(=O)=O)NCCCn1ccc2ccccc21.I. The molecule has 31 heavy (non-hydrogen) atoms. The Morgan fingerprint density at radius 3 is 2.55 bits per heavy atom. The Kier molecular flexibility index (Phi) is 9.63. The van der Waals surface area contributed by atoms with Crippen molar-refractivity contribution in [1.82, 2.24) is 15.2 Å². The van der Waals surface area contributed by atoms with Crippen LogP contribution in [0.4, 0.5) is 5.69 Å². The number of halogens is 1. The number of aryl methyl sites for hydroxylation is 1. The van der Waals surface area contributed by atoms with Crippen LogP contribution in [0.1, 0.15) is 18.9 Å². The second-order valence-corrected chi connectivity index (χ2v) is 8.82. The van der Waals surface area contributed by atoms with E-state index >= 15 is 0 Å². The molecule has 0 amide bonds. The van der Waals surface area contributed by atoms with Crippen LogP contribution < -0.4 is 15.4 Å². The van der Waals surface area contributed by atoms with E-state index in [-0.39, 0.29) is 24.0 Å². The van der Waals surface area contributed by atoms with E-state index in [1.54, 1.807) is 12.1 Å². The van der Waals surface area contributed by atoms with Gasteiger partial charge in [0.25, 0.3) is 0 Å². The van der Waals surface area contributed by atoms with Gasteiger partial charge in [0.1, 0.15) is 0 Å². The normalized spacial score (nSPS) is 11.7. The van der Waals surface area contributed by atoms with E-state index in [4.69, 9.17) is 0 Å². The van der Waals surface area contributed by atoms with Crippen LogP contribution in [0.25, 0.3) is 10.9 Å². The first kappa shape index (κ1) is 25.0. The summed E-state index contributed by atoms with van der Waals surface area (Å²) >= 11 is 0. The molecular weight excluding hydrogens is 525 g/mol. The Morgan fingerprint density at radius 2 is 1.77 bits per heavy atom. The lowest BCUT2D eigenvalue weighted by atomic mass is 10.2. The van der Waals surface area contributed by atoms with E-state index in [0.29, 0.717) is 18.2 Å². The van der Waals surface area contributed by atoms with Gasteiger partial charge in [-0.1, -0.05) is 36.4 Å². The zero-order valence-electron chi connectivity index (χ0n) is 17.8. The summed E-state index contributed by atoms with van der Waals surface area (Å²) < 4.78 is 28.0. The molecule has 0 unspecified atom stereocenters. The number of nitrogens with one attached hydrogen (secondary N) is 3. The van der Waals surface area contributed by atoms with Gasteiger partial charge in [-0.05, 0) is 42.5 Å². The predicted octanol–water partition coefficient (Wildman–Crippen LogP) is 3.78. The summed E-state index contributed by atoms with van der Waals surface area (Å²) in [5.74, 6) is 0.712. The van der Waals surface area contributed by atoms with Gasteiger partial charge in [0, 0.05) is 31.3 Å². The molecule has 3 N–H and O–H groups in total. The molecule has 7 nitrogen and oxygen atoms in total. The fourth-order valence-corrected chi connectivity index (χ4v) is 3.85. The standard InChI is InChI=1S/C22H29N5O2S.HI/c1-3-23-22(25-17-19-10-4-6-11-20(19)26-30(2,28)29)24-14-8-15-27-16-13-18-9-5-7-12-21(18)27;/h4-7,9-13,16,26H,3,8,14-15,17H2,1-2H3,(H2,23,24,25);1H. The number of hydrogen-bond donors (Lipinski definition) is 3. The van der Waals surface area contributed by atoms with Gasteiger partial charge >= 0.3 is 0 Å². The van der Waals surface area contributed by atoms with E-state index in [9.17, 15) is 8.42 Å². The van der Waals surface area contributed by atoms with Crippen LogP contribution >= 0.6 is 24.0 Å². The van der Waals surface area contributed by atoms with Gasteiger partial charge in [-0.25, -0.2) is 13.4 Å². The van der Waals surface area contributed by atoms with Gasteiger partial charge in [0.05, 0.1) is 18.5 Å². The second kappa shape index (κ2) is 11.9. The fraction of sp³-hybridized carbons (Fsp3) is 0.318. The number of anilines is 1. The molecule has 3 rings (SSSR count). The number of sulfonamides is 1. The number of aliphatic imine (C=N–C) groups is 1. The van der Waals surface area contributed by atoms with Gasteiger partial charge in [-0.15, -0.1) is 24.0 Å². The molecular formula is C22H30IN5O2S. The van der Waals surface area contributed by atoms with Crippen molar-refractivity contribution in [3.63, 3.8) is 0 Å². The number of benzene rings is 2. The highest BCUT2D eigenvalue weighted by molar-refractivity contribution is 14.0. The first-order chi connectivity index (χ1) is 14.5. The molecule has 0 spiro atoms. The van der Waals surface area contributed by atoms with Gasteiger partial charge in [0.15, 0.2) is 5.96 Å². The Morgan fingerprint density at radius 1 is 1.03 bits per heavy atom. The summed E-state index contributed by atoms with van der Waals surface area (Å²) in [7, 11) is -3.34. The minimum absolute atomic E-state index is 0. The molecule has 168 valence electrons. The summed E-state index contributed by atoms with van der Waals surface area (Å²) in [6.07, 6.45) is 4.22. The van der Waals surface area contributed by atoms with Crippen LogP contribution in [-0.2, 0) is 23.1 Å². The summed E-state index contributed by atoms with van der Waals surface area (Å²) in [6, 6.07) is 17.8. The Labute approximate surface area is 201 Å². The lowest BCUT2D eigenvalue weighted by molar-refractivity contribution is 0.606. The van der Waals surface area contributed by atoms with E-state index in [1.807, 2.05) is 19.1 Å². The van der Waals surface area contributed by atoms with Crippen LogP contribution in [0.3, 0.4) is 0 Å². The Bertz CT molecular complexity index is 1110. The molecule has 0 bridgehead atoms. The van der Waals surface area contributed by atoms with Crippen molar-refractivity contribution >= 4 is 56.5 Å². The molecule has 0 aliphatic rings. The van der Waals surface area contributed by atoms with Crippen LogP contribution in [0, 0.1) is 0 Å². The highest BCUT2D eigenvalue weighted by Gasteiger charge is 2.07. The van der Waals surface area contributed by atoms with E-state index in [2.05, 4.69) is 61.4 Å². The van der Waals surface area contributed by atoms with Crippen LogP contribution in [-0.4, -0.2) is 38.3 Å². The molecule has 0 aliphatic heterocycles. The topological polar surface area (TPSA) is 87.5 Å². The average Bonchev–Trinajstić information content (AvgIpc) is 3.12. The van der Waals surface area contributed by atoms with E-state index in [0.717, 1.165) is 37.9 Å². The molecule has 1 aromatic heterocycles. The molecule has 0 saturated heterocycles. The molecule has 0 saturated carbocycles. The third kappa shape index (κ3) is 7.73. The third-order valence-electron chi connectivity index (χ3n) is 4.61. The minimum Gasteiger partial charge on any atom is -0.357 e. The van der Waals surface area contributed by atoms with Crippen molar-refractivity contribution in [1.29, 1.82) is 0 Å². The summed E-state index contributed by atoms with van der Waals surface area (Å²) in [4.78, 5) is 4.61. The number of para-hydroxylation sites is 2. The van der Waals surface area contributed by atoms with Crippen molar-refractivity contribution < 1.29 is 8.42 Å². The first-order valence-electron chi connectivity index (χ1n) is 10.1. The number of rotatable bonds is 9. The minimum atomic E-state index is -3.34. The lowest BCUT2D eigenvalue weighted by Crippen LogP contribution is -2.38. The number of aromatic nitrogens is 1. The average molecular weight is 555 g/mol. The molecule has 0 atom stereocenters. The molecule has 0 radical (unpaired) electrons. The van der Waals surface area contributed by atoms with Crippen LogP contribution in [0.2, 0.25) is 0 Å². The zero-order chi connectivity index (χ0) is 21.4. The number of hydrogen-bond acceptors (Lipinski definition) is 3. The van der Waals surface area contributed by atoms with Gasteiger partial charge in [-0.3, -0.25) is 4.72 Å². The van der Waals surface area contributed by atoms with Crippen LogP contribution in [0.5, 0.6) is 0 Å². The predicted molar refractivity (Wildman–Crippen MR) is 140 cm³/mol. The maximum atomic E-state index is 11.6. The van der Waals surface area contributed by atoms with Crippen molar-refractivity contribution in [3.8, 4) is 0 Å². The molecule has 2 aromatic carbocycles. The first-order valence-corrected chi connectivity index (χ1v) is 12.0. The highest BCUT2D eigenvalue weighted by Crippen LogP contribution is 2.17. The largest absolute Gasteiger partial charge is 0.357 e. The summed E-state index contributed by atoms with van der Waals surface area (Å²) in [6.45, 7) is 4.83. The maximum Gasteiger partial charge on any atom is 0.229 e. The number of nitrogens with zero attached hydrogens (tertiary/aromatic N) is 2. The lowest BCUT2D eigenvalue weighted by Gasteiger charge is -2.13.